The Hall–Kier alpha value is -0.250. The van der Waals surface area contributed by atoms with Gasteiger partial charge in [-0.3, -0.25) is 0 Å². The molecule has 0 aromatic carbocycles. The first-order valence-electron chi connectivity index (χ1n) is 4.28. The monoisotopic (exact) mass is 244 g/mol. The van der Waals surface area contributed by atoms with Crippen molar-refractivity contribution in [1.82, 2.24) is 0 Å². The van der Waals surface area contributed by atoms with Crippen LogP contribution in [0.5, 0.6) is 0 Å². The van der Waals surface area contributed by atoms with Crippen molar-refractivity contribution in [2.24, 2.45) is 0 Å². The maximum Gasteiger partial charge on any atom is 0.266 e. The van der Waals surface area contributed by atoms with Crippen LogP contribution < -0.4 is 0 Å². The molecule has 92 valence electrons. The number of aliphatic hydroxyl groups is 2. The highest BCUT2D eigenvalue weighted by molar-refractivity contribution is 7.86. The Kier molecular flexibility index (Phi) is 7.83. The highest BCUT2D eigenvalue weighted by Crippen LogP contribution is 1.94. The van der Waals surface area contributed by atoms with Crippen LogP contribution in [0, 0.1) is 0 Å². The van der Waals surface area contributed by atoms with Gasteiger partial charge in [0.1, 0.15) is 0 Å². The van der Waals surface area contributed by atoms with Gasteiger partial charge in [-0.2, -0.15) is 8.42 Å². The molecule has 0 fully saturated rings. The molecule has 0 aliphatic heterocycles. The second-order valence-electron chi connectivity index (χ2n) is 2.67. The molecule has 8 heteroatoms. The van der Waals surface area contributed by atoms with E-state index in [4.69, 9.17) is 19.7 Å². The van der Waals surface area contributed by atoms with Crippen molar-refractivity contribution in [3.63, 3.8) is 0 Å². The quantitative estimate of drug-likeness (QED) is 0.283. The minimum Gasteiger partial charge on any atom is -0.394 e. The summed E-state index contributed by atoms with van der Waals surface area (Å²) in [5.41, 5.74) is 0. The van der Waals surface area contributed by atoms with E-state index in [1.807, 2.05) is 0 Å². The van der Waals surface area contributed by atoms with Crippen LogP contribution in [-0.2, 0) is 23.8 Å². The number of hydrogen-bond acceptors (Lipinski definition) is 7. The Morgan fingerprint density at radius 3 is 2.33 bits per heavy atom. The molecule has 0 aromatic rings. The van der Waals surface area contributed by atoms with E-state index in [2.05, 4.69) is 4.18 Å². The molecule has 0 spiro atoms. The number of ether oxygens (including phenoxy) is 2. The van der Waals surface area contributed by atoms with Crippen LogP contribution >= 0.6 is 0 Å². The third-order valence-electron chi connectivity index (χ3n) is 1.15. The van der Waals surface area contributed by atoms with Crippen LogP contribution in [0.2, 0.25) is 0 Å². The van der Waals surface area contributed by atoms with Crippen molar-refractivity contribution >= 4 is 10.1 Å². The summed E-state index contributed by atoms with van der Waals surface area (Å²) in [7, 11) is -3.67. The van der Waals surface area contributed by atoms with Crippen LogP contribution in [0.15, 0.2) is 0 Å². The van der Waals surface area contributed by atoms with Crippen molar-refractivity contribution in [3.8, 4) is 0 Å². The number of hydrogen-bond donors (Lipinski definition) is 2. The SMILES string of the molecule is CS(=O)(=O)OC(O)COCCOCCO. The fourth-order valence-electron chi connectivity index (χ4n) is 0.698. The predicted molar refractivity (Wildman–Crippen MR) is 50.7 cm³/mol. The second-order valence-corrected chi connectivity index (χ2v) is 4.27. The fourth-order valence-corrected chi connectivity index (χ4v) is 1.16. The molecule has 1 atom stereocenters. The summed E-state index contributed by atoms with van der Waals surface area (Å²) >= 11 is 0. The van der Waals surface area contributed by atoms with Crippen molar-refractivity contribution < 1.29 is 32.3 Å². The van der Waals surface area contributed by atoms with Gasteiger partial charge in [0.2, 0.25) is 0 Å². The van der Waals surface area contributed by atoms with E-state index in [0.717, 1.165) is 6.26 Å². The van der Waals surface area contributed by atoms with Gasteiger partial charge in [-0.05, 0) is 0 Å². The van der Waals surface area contributed by atoms with Gasteiger partial charge in [-0.1, -0.05) is 0 Å². The summed E-state index contributed by atoms with van der Waals surface area (Å²) in [6, 6.07) is 0. The predicted octanol–water partition coefficient (Wildman–Crippen LogP) is -1.69. The Morgan fingerprint density at radius 1 is 1.20 bits per heavy atom. The summed E-state index contributed by atoms with van der Waals surface area (Å²) in [5.74, 6) is 0. The van der Waals surface area contributed by atoms with E-state index in [1.54, 1.807) is 0 Å². The first kappa shape index (κ1) is 14.8. The van der Waals surface area contributed by atoms with Crippen LogP contribution in [0.25, 0.3) is 0 Å². The smallest absolute Gasteiger partial charge is 0.266 e. The minimum absolute atomic E-state index is 0.0696. The standard InChI is InChI=1S/C7H16O7S/c1-15(10,11)14-7(9)6-13-5-4-12-3-2-8/h7-9H,2-6H2,1H3. The zero-order chi connectivity index (χ0) is 11.7. The Labute approximate surface area is 88.7 Å². The molecule has 0 aliphatic rings. The molecule has 0 saturated carbocycles. The van der Waals surface area contributed by atoms with Gasteiger partial charge in [0.15, 0.2) is 6.29 Å². The number of rotatable bonds is 9. The molecule has 1 unspecified atom stereocenters. The van der Waals surface area contributed by atoms with Gasteiger partial charge in [0, 0.05) is 0 Å². The molecule has 0 aromatic heterocycles. The van der Waals surface area contributed by atoms with Gasteiger partial charge in [0.05, 0.1) is 39.3 Å². The van der Waals surface area contributed by atoms with Crippen molar-refractivity contribution in [2.75, 3.05) is 39.3 Å². The fraction of sp³-hybridized carbons (Fsp3) is 1.00. The summed E-state index contributed by atoms with van der Waals surface area (Å²) in [4.78, 5) is 0. The maximum atomic E-state index is 10.5. The lowest BCUT2D eigenvalue weighted by atomic mass is 10.7. The molecule has 2 N–H and O–H groups in total. The van der Waals surface area contributed by atoms with E-state index in [-0.39, 0.29) is 33.0 Å². The third kappa shape index (κ3) is 11.7. The normalized spacial score (nSPS) is 14.1. The lowest BCUT2D eigenvalue weighted by Gasteiger charge is -2.10. The second kappa shape index (κ2) is 7.97. The van der Waals surface area contributed by atoms with Crippen LogP contribution in [0.1, 0.15) is 0 Å². The van der Waals surface area contributed by atoms with E-state index < -0.39 is 16.4 Å². The molecule has 0 rings (SSSR count). The Morgan fingerprint density at radius 2 is 1.80 bits per heavy atom. The van der Waals surface area contributed by atoms with Crippen LogP contribution in [-0.4, -0.2) is 64.2 Å². The van der Waals surface area contributed by atoms with Gasteiger partial charge in [-0.15, -0.1) is 0 Å². The van der Waals surface area contributed by atoms with Gasteiger partial charge < -0.3 is 19.7 Å². The average molecular weight is 244 g/mol. The molecule has 0 aliphatic carbocycles. The molecule has 0 radical (unpaired) electrons. The van der Waals surface area contributed by atoms with E-state index >= 15 is 0 Å². The summed E-state index contributed by atoms with van der Waals surface area (Å²) in [5, 5.41) is 17.3. The molecule has 0 saturated heterocycles. The molecule has 7 nitrogen and oxygen atoms in total. The average Bonchev–Trinajstić information content (AvgIpc) is 2.08. The minimum atomic E-state index is -3.67. The van der Waals surface area contributed by atoms with Gasteiger partial charge >= 0.3 is 0 Å². The zero-order valence-electron chi connectivity index (χ0n) is 8.46. The van der Waals surface area contributed by atoms with Crippen LogP contribution in [0.4, 0.5) is 0 Å². The Bertz CT molecular complexity index is 238. The van der Waals surface area contributed by atoms with E-state index in [0.29, 0.717) is 0 Å². The first-order chi connectivity index (χ1) is 6.95. The Balaban J connectivity index is 3.36. The molecular formula is C7H16O7S. The highest BCUT2D eigenvalue weighted by Gasteiger charge is 2.11. The van der Waals surface area contributed by atoms with Crippen molar-refractivity contribution in [1.29, 1.82) is 0 Å². The largest absolute Gasteiger partial charge is 0.394 e. The van der Waals surface area contributed by atoms with Crippen molar-refractivity contribution in [3.05, 3.63) is 0 Å². The lowest BCUT2D eigenvalue weighted by molar-refractivity contribution is -0.0814. The van der Waals surface area contributed by atoms with Crippen LogP contribution in [0.3, 0.4) is 0 Å². The topological polar surface area (TPSA) is 102 Å². The third-order valence-corrected chi connectivity index (χ3v) is 1.73. The van der Waals surface area contributed by atoms with E-state index in [1.165, 1.54) is 0 Å². The summed E-state index contributed by atoms with van der Waals surface area (Å²) < 4.78 is 34.9. The van der Waals surface area contributed by atoms with Gasteiger partial charge in [0.25, 0.3) is 10.1 Å². The lowest BCUT2D eigenvalue weighted by Crippen LogP contribution is -2.23. The molecular weight excluding hydrogens is 228 g/mol. The molecule has 0 bridgehead atoms. The number of aliphatic hydroxyl groups excluding tert-OH is 2. The van der Waals surface area contributed by atoms with E-state index in [9.17, 15) is 8.42 Å². The maximum absolute atomic E-state index is 10.5. The first-order valence-corrected chi connectivity index (χ1v) is 6.10. The molecule has 0 heterocycles. The molecule has 0 amide bonds. The van der Waals surface area contributed by atoms with Crippen molar-refractivity contribution in [2.45, 2.75) is 6.29 Å². The summed E-state index contributed by atoms with van der Waals surface area (Å²) in [6.45, 7) is 0.331. The summed E-state index contributed by atoms with van der Waals surface area (Å²) in [6.07, 6.45) is -0.668. The molecule has 15 heavy (non-hydrogen) atoms. The highest BCUT2D eigenvalue weighted by atomic mass is 32.2. The van der Waals surface area contributed by atoms with Gasteiger partial charge in [-0.25, -0.2) is 4.18 Å². The zero-order valence-corrected chi connectivity index (χ0v) is 9.27.